The number of phosphoric acid groups is 2. The molecule has 1 aliphatic carbocycles. The van der Waals surface area contributed by atoms with Crippen molar-refractivity contribution in [3.8, 4) is 0 Å². The SMILES string of the molecule is CCCCCCCCOS(=O)(=O)OC1[C@H](O)[C@H](OP(=O)(O)O)C(O)[C@H](OP(=O)(O)O)[C@H]1O. The first-order valence-corrected chi connectivity index (χ1v) is 14.1. The van der Waals surface area contributed by atoms with E-state index >= 15 is 0 Å². The van der Waals surface area contributed by atoms with Crippen LogP contribution in [-0.4, -0.2) is 86.5 Å². The summed E-state index contributed by atoms with van der Waals surface area (Å²) in [5, 5.41) is 30.5. The molecule has 0 aromatic carbocycles. The van der Waals surface area contributed by atoms with Crippen LogP contribution in [0.25, 0.3) is 0 Å². The molecule has 2 unspecified atom stereocenters. The monoisotopic (exact) mass is 532 g/mol. The van der Waals surface area contributed by atoms with E-state index in [2.05, 4.69) is 17.4 Å². The molecule has 0 spiro atoms. The van der Waals surface area contributed by atoms with E-state index in [0.717, 1.165) is 25.7 Å². The van der Waals surface area contributed by atoms with Gasteiger partial charge in [0.1, 0.15) is 36.6 Å². The zero-order chi connectivity index (χ0) is 24.7. The van der Waals surface area contributed by atoms with Crippen LogP contribution in [0.3, 0.4) is 0 Å². The molecule has 7 N–H and O–H groups in total. The summed E-state index contributed by atoms with van der Waals surface area (Å²) in [5.41, 5.74) is 0. The topological polar surface area (TPSA) is 247 Å². The van der Waals surface area contributed by atoms with Crippen LogP contribution in [-0.2, 0) is 36.9 Å². The number of phosphoric ester groups is 2. The summed E-state index contributed by atoms with van der Waals surface area (Å²) in [6.07, 6.45) is -9.31. The molecule has 0 aromatic rings. The molecule has 192 valence electrons. The Morgan fingerprint density at radius 3 is 1.56 bits per heavy atom. The van der Waals surface area contributed by atoms with Crippen molar-refractivity contribution >= 4 is 26.0 Å². The lowest BCUT2D eigenvalue weighted by Crippen LogP contribution is -2.65. The van der Waals surface area contributed by atoms with Crippen LogP contribution < -0.4 is 0 Å². The molecule has 0 radical (unpaired) electrons. The molecule has 1 fully saturated rings. The van der Waals surface area contributed by atoms with Gasteiger partial charge in [-0.15, -0.1) is 0 Å². The van der Waals surface area contributed by atoms with Gasteiger partial charge in [0, 0.05) is 0 Å². The van der Waals surface area contributed by atoms with Gasteiger partial charge >= 0.3 is 26.0 Å². The number of hydrogen-bond acceptors (Lipinski definition) is 11. The van der Waals surface area contributed by atoms with Crippen LogP contribution in [0.15, 0.2) is 0 Å². The van der Waals surface area contributed by atoms with Gasteiger partial charge < -0.3 is 34.9 Å². The minimum absolute atomic E-state index is 0.305. The van der Waals surface area contributed by atoms with E-state index in [1.165, 1.54) is 0 Å². The van der Waals surface area contributed by atoms with Gasteiger partial charge in [0.15, 0.2) is 0 Å². The van der Waals surface area contributed by atoms with Gasteiger partial charge in [-0.25, -0.2) is 17.5 Å². The fourth-order valence-corrected chi connectivity index (χ4v) is 5.06. The second-order valence-corrected chi connectivity index (χ2v) is 10.8. The molecule has 0 saturated heterocycles. The third-order valence-corrected chi connectivity index (χ3v) is 6.44. The summed E-state index contributed by atoms with van der Waals surface area (Å²) in [5.74, 6) is 0. The summed E-state index contributed by atoms with van der Waals surface area (Å²) in [4.78, 5) is 35.8. The first-order valence-electron chi connectivity index (χ1n) is 9.67. The minimum Gasteiger partial charge on any atom is -0.387 e. The number of aliphatic hydroxyl groups excluding tert-OH is 3. The summed E-state index contributed by atoms with van der Waals surface area (Å²) < 4.78 is 64.0. The molecule has 1 saturated carbocycles. The molecule has 0 amide bonds. The Labute approximate surface area is 185 Å². The van der Waals surface area contributed by atoms with Crippen LogP contribution in [0.2, 0.25) is 0 Å². The zero-order valence-electron chi connectivity index (χ0n) is 17.1. The maximum absolute atomic E-state index is 12.1. The van der Waals surface area contributed by atoms with E-state index in [-0.39, 0.29) is 6.61 Å². The van der Waals surface area contributed by atoms with Crippen molar-refractivity contribution in [2.75, 3.05) is 6.61 Å². The van der Waals surface area contributed by atoms with Gasteiger partial charge in [-0.2, -0.15) is 8.42 Å². The van der Waals surface area contributed by atoms with Crippen LogP contribution in [0.4, 0.5) is 0 Å². The van der Waals surface area contributed by atoms with E-state index in [1.807, 2.05) is 6.92 Å². The van der Waals surface area contributed by atoms with Crippen molar-refractivity contribution in [2.24, 2.45) is 0 Å². The van der Waals surface area contributed by atoms with Gasteiger partial charge in [0.05, 0.1) is 6.61 Å². The largest absolute Gasteiger partial charge is 0.470 e. The molecule has 1 rings (SSSR count). The number of aliphatic hydroxyl groups is 3. The van der Waals surface area contributed by atoms with Crippen molar-refractivity contribution < 1.29 is 69.9 Å². The minimum atomic E-state index is -5.41. The normalized spacial score (nSPS) is 29.9. The van der Waals surface area contributed by atoms with Gasteiger partial charge in [0.25, 0.3) is 0 Å². The number of unbranched alkanes of at least 4 members (excludes halogenated alkanes) is 5. The van der Waals surface area contributed by atoms with Crippen molar-refractivity contribution in [1.82, 2.24) is 0 Å². The van der Waals surface area contributed by atoms with Crippen LogP contribution in [0.5, 0.6) is 0 Å². The van der Waals surface area contributed by atoms with Crippen molar-refractivity contribution in [2.45, 2.75) is 82.1 Å². The maximum atomic E-state index is 12.1. The molecule has 0 heterocycles. The highest BCUT2D eigenvalue weighted by molar-refractivity contribution is 7.81. The van der Waals surface area contributed by atoms with Crippen molar-refractivity contribution in [1.29, 1.82) is 0 Å². The second kappa shape index (κ2) is 12.6. The third-order valence-electron chi connectivity index (χ3n) is 4.49. The highest BCUT2D eigenvalue weighted by Gasteiger charge is 2.56. The van der Waals surface area contributed by atoms with Crippen LogP contribution in [0, 0.1) is 0 Å². The first-order chi connectivity index (χ1) is 14.6. The lowest BCUT2D eigenvalue weighted by molar-refractivity contribution is -0.210. The van der Waals surface area contributed by atoms with E-state index in [0.29, 0.717) is 12.8 Å². The van der Waals surface area contributed by atoms with E-state index in [4.69, 9.17) is 19.6 Å². The Morgan fingerprint density at radius 1 is 0.719 bits per heavy atom. The van der Waals surface area contributed by atoms with Crippen LogP contribution >= 0.6 is 15.6 Å². The summed E-state index contributed by atoms with van der Waals surface area (Å²) in [6.45, 7) is 1.73. The van der Waals surface area contributed by atoms with Gasteiger partial charge in [0.2, 0.25) is 0 Å². The smallest absolute Gasteiger partial charge is 0.387 e. The molecule has 15 nitrogen and oxygen atoms in total. The lowest BCUT2D eigenvalue weighted by atomic mass is 9.85. The summed E-state index contributed by atoms with van der Waals surface area (Å²) in [6, 6.07) is 0. The molecule has 1 aliphatic rings. The summed E-state index contributed by atoms with van der Waals surface area (Å²) >= 11 is 0. The number of rotatable bonds is 14. The molecule has 0 aromatic heterocycles. The average Bonchev–Trinajstić information content (AvgIpc) is 2.64. The molecular formula is C14H30O15P2S. The standard InChI is InChI=1S/C14H30O15P2S/c1-2-3-4-5-6-7-8-26-32(24,25)29-14-10(16)12(27-30(18,19)20)9(15)13(11(14)17)28-31(21,22)23/h9-17H,2-8H2,1H3,(H2,18,19,20)(H2,21,22,23)/t9?,10-,11-,12-,13+,14?/m1/s1. The quantitative estimate of drug-likeness (QED) is 0.105. The predicted molar refractivity (Wildman–Crippen MR) is 105 cm³/mol. The Morgan fingerprint density at radius 2 is 1.12 bits per heavy atom. The predicted octanol–water partition coefficient (Wildman–Crippen LogP) is -0.954. The third kappa shape index (κ3) is 10.5. The Balaban J connectivity index is 2.92. The maximum Gasteiger partial charge on any atom is 0.470 e. The first kappa shape index (κ1) is 30.0. The molecule has 18 heteroatoms. The molecule has 0 bridgehead atoms. The molecular weight excluding hydrogens is 502 g/mol. The van der Waals surface area contributed by atoms with E-state index in [9.17, 15) is 32.9 Å². The second-order valence-electron chi connectivity index (χ2n) is 7.15. The fourth-order valence-electron chi connectivity index (χ4n) is 3.05. The van der Waals surface area contributed by atoms with Crippen LogP contribution in [0.1, 0.15) is 45.4 Å². The zero-order valence-corrected chi connectivity index (χ0v) is 19.7. The lowest BCUT2D eigenvalue weighted by Gasteiger charge is -2.43. The van der Waals surface area contributed by atoms with Gasteiger partial charge in [-0.1, -0.05) is 39.0 Å². The van der Waals surface area contributed by atoms with Crippen molar-refractivity contribution in [3.63, 3.8) is 0 Å². The summed E-state index contributed by atoms with van der Waals surface area (Å²) in [7, 11) is -15.7. The molecule has 0 aliphatic heterocycles. The van der Waals surface area contributed by atoms with Crippen molar-refractivity contribution in [3.05, 3.63) is 0 Å². The molecule has 32 heavy (non-hydrogen) atoms. The Hall–Kier alpha value is -0.0300. The highest BCUT2D eigenvalue weighted by atomic mass is 32.3. The van der Waals surface area contributed by atoms with E-state index in [1.54, 1.807) is 0 Å². The Kier molecular flexibility index (Phi) is 11.8. The highest BCUT2D eigenvalue weighted by Crippen LogP contribution is 2.46. The van der Waals surface area contributed by atoms with Gasteiger partial charge in [-0.05, 0) is 6.42 Å². The van der Waals surface area contributed by atoms with Gasteiger partial charge in [-0.3, -0.25) is 9.05 Å². The fraction of sp³-hybridized carbons (Fsp3) is 1.00. The van der Waals surface area contributed by atoms with E-state index < -0.39 is 62.7 Å². The Bertz CT molecular complexity index is 726. The molecule has 6 atom stereocenters. The number of hydrogen-bond donors (Lipinski definition) is 7. The average molecular weight is 532 g/mol.